The molecule has 0 aliphatic carbocycles. The molecule has 0 aromatic heterocycles. The zero-order chi connectivity index (χ0) is 17.3. The number of benzene rings is 2. The van der Waals surface area contributed by atoms with Gasteiger partial charge >= 0.3 is 0 Å². The topological polar surface area (TPSA) is 49.4 Å². The Kier molecular flexibility index (Phi) is 4.14. The number of hydrogen-bond acceptors (Lipinski definition) is 2. The summed E-state index contributed by atoms with van der Waals surface area (Å²) in [7, 11) is 0. The number of amides is 2. The first-order valence-corrected chi connectivity index (χ1v) is 8.15. The smallest absolute Gasteiger partial charge is 0.228 e. The second kappa shape index (κ2) is 6.11. The molecule has 1 heterocycles. The van der Waals surface area contributed by atoms with Gasteiger partial charge < -0.3 is 10.2 Å². The van der Waals surface area contributed by atoms with E-state index < -0.39 is 0 Å². The lowest BCUT2D eigenvalue weighted by Gasteiger charge is -2.27. The maximum absolute atomic E-state index is 12.3. The van der Waals surface area contributed by atoms with Gasteiger partial charge in [-0.25, -0.2) is 0 Å². The Morgan fingerprint density at radius 2 is 1.92 bits per heavy atom. The minimum absolute atomic E-state index is 0.0442. The highest BCUT2D eigenvalue weighted by molar-refractivity contribution is 5.93. The first-order chi connectivity index (χ1) is 11.4. The highest BCUT2D eigenvalue weighted by Crippen LogP contribution is 2.45. The van der Waals surface area contributed by atoms with Gasteiger partial charge in [0, 0.05) is 22.8 Å². The molecule has 1 aliphatic heterocycles. The zero-order valence-electron chi connectivity index (χ0n) is 14.2. The number of rotatable bonds is 4. The van der Waals surface area contributed by atoms with Gasteiger partial charge in [-0.2, -0.15) is 0 Å². The van der Waals surface area contributed by atoms with E-state index in [4.69, 9.17) is 0 Å². The van der Waals surface area contributed by atoms with Crippen molar-refractivity contribution in [3.63, 3.8) is 0 Å². The molecule has 0 spiro atoms. The van der Waals surface area contributed by atoms with Crippen molar-refractivity contribution in [2.75, 3.05) is 10.2 Å². The predicted molar refractivity (Wildman–Crippen MR) is 96.2 cm³/mol. The van der Waals surface area contributed by atoms with Crippen molar-refractivity contribution in [2.24, 2.45) is 0 Å². The van der Waals surface area contributed by atoms with Gasteiger partial charge in [0.25, 0.3) is 0 Å². The minimum Gasteiger partial charge on any atom is -0.326 e. The Hall–Kier alpha value is -2.62. The molecule has 24 heavy (non-hydrogen) atoms. The number of nitrogens with one attached hydrogen (secondary N) is 1. The van der Waals surface area contributed by atoms with Crippen LogP contribution in [-0.4, -0.2) is 18.4 Å². The molecule has 0 bridgehead atoms. The van der Waals surface area contributed by atoms with Crippen LogP contribution in [0.5, 0.6) is 0 Å². The molecule has 0 fully saturated rings. The third kappa shape index (κ3) is 2.80. The monoisotopic (exact) mass is 322 g/mol. The molecule has 2 aromatic carbocycles. The summed E-state index contributed by atoms with van der Waals surface area (Å²) in [6, 6.07) is 15.5. The highest BCUT2D eigenvalue weighted by atomic mass is 16.1. The number of hydrogen-bond donors (Lipinski definition) is 1. The van der Waals surface area contributed by atoms with Gasteiger partial charge in [0.05, 0.1) is 6.42 Å². The second-order valence-electron chi connectivity index (χ2n) is 6.85. The van der Waals surface area contributed by atoms with E-state index in [1.807, 2.05) is 55.5 Å². The van der Waals surface area contributed by atoms with Crippen LogP contribution < -0.4 is 10.2 Å². The van der Waals surface area contributed by atoms with Crippen LogP contribution in [0.3, 0.4) is 0 Å². The van der Waals surface area contributed by atoms with E-state index in [1.165, 1.54) is 0 Å². The maximum atomic E-state index is 12.3. The Morgan fingerprint density at radius 1 is 1.21 bits per heavy atom. The van der Waals surface area contributed by atoms with Crippen molar-refractivity contribution < 1.29 is 9.59 Å². The van der Waals surface area contributed by atoms with Crippen LogP contribution in [0.2, 0.25) is 0 Å². The summed E-state index contributed by atoms with van der Waals surface area (Å²) in [5.74, 6) is -0.0442. The average Bonchev–Trinajstić information content (AvgIpc) is 2.75. The van der Waals surface area contributed by atoms with Gasteiger partial charge in [0.15, 0.2) is 0 Å². The van der Waals surface area contributed by atoms with Gasteiger partial charge in [0.1, 0.15) is 0 Å². The summed E-state index contributed by atoms with van der Waals surface area (Å²) in [6.07, 6.45) is 1.23. The summed E-state index contributed by atoms with van der Waals surface area (Å²) in [5.41, 5.74) is 3.60. The molecule has 4 heteroatoms. The second-order valence-corrected chi connectivity index (χ2v) is 6.85. The molecule has 124 valence electrons. The van der Waals surface area contributed by atoms with E-state index >= 15 is 0 Å². The number of anilines is 2. The number of carbonyl (C=O) groups is 2. The SMILES string of the molecule is CC1N(C=O)c2ccc(NC(=O)Cc3ccccc3)cc2C1(C)C. The minimum atomic E-state index is -0.156. The lowest BCUT2D eigenvalue weighted by Crippen LogP contribution is -2.38. The Balaban J connectivity index is 1.81. The van der Waals surface area contributed by atoms with Crippen molar-refractivity contribution in [3.05, 3.63) is 59.7 Å². The molecule has 1 unspecified atom stereocenters. The van der Waals surface area contributed by atoms with E-state index in [9.17, 15) is 9.59 Å². The molecule has 0 saturated carbocycles. The molecular weight excluding hydrogens is 300 g/mol. The lowest BCUT2D eigenvalue weighted by atomic mass is 9.81. The largest absolute Gasteiger partial charge is 0.326 e. The molecule has 1 atom stereocenters. The summed E-state index contributed by atoms with van der Waals surface area (Å²) in [6.45, 7) is 6.28. The van der Waals surface area contributed by atoms with Crippen molar-refractivity contribution in [1.29, 1.82) is 0 Å². The van der Waals surface area contributed by atoms with Crippen LogP contribution in [0.4, 0.5) is 11.4 Å². The van der Waals surface area contributed by atoms with Crippen molar-refractivity contribution in [3.8, 4) is 0 Å². The van der Waals surface area contributed by atoms with Crippen molar-refractivity contribution in [2.45, 2.75) is 38.6 Å². The Morgan fingerprint density at radius 3 is 2.58 bits per heavy atom. The quantitative estimate of drug-likeness (QED) is 0.876. The summed E-state index contributed by atoms with van der Waals surface area (Å²) in [4.78, 5) is 25.4. The van der Waals surface area contributed by atoms with E-state index in [0.717, 1.165) is 28.9 Å². The van der Waals surface area contributed by atoms with Gasteiger partial charge in [-0.15, -0.1) is 0 Å². The van der Waals surface area contributed by atoms with Gasteiger partial charge in [0.2, 0.25) is 12.3 Å². The molecule has 3 rings (SSSR count). The van der Waals surface area contributed by atoms with Gasteiger partial charge in [-0.3, -0.25) is 9.59 Å². The highest BCUT2D eigenvalue weighted by Gasteiger charge is 2.41. The fraction of sp³-hybridized carbons (Fsp3) is 0.300. The standard InChI is InChI=1S/C20H22N2O2/c1-14-20(2,3)17-12-16(9-10-18(17)22(14)13-23)21-19(24)11-15-7-5-4-6-8-15/h4-10,12-14H,11H2,1-3H3,(H,21,24). The summed E-state index contributed by atoms with van der Waals surface area (Å²) >= 11 is 0. The summed E-state index contributed by atoms with van der Waals surface area (Å²) < 4.78 is 0. The zero-order valence-corrected chi connectivity index (χ0v) is 14.2. The van der Waals surface area contributed by atoms with Crippen LogP contribution in [0.25, 0.3) is 0 Å². The van der Waals surface area contributed by atoms with Crippen LogP contribution in [0.1, 0.15) is 31.9 Å². The molecule has 2 aromatic rings. The molecule has 0 radical (unpaired) electrons. The van der Waals surface area contributed by atoms with Crippen LogP contribution in [-0.2, 0) is 21.4 Å². The van der Waals surface area contributed by atoms with Crippen LogP contribution >= 0.6 is 0 Å². The van der Waals surface area contributed by atoms with E-state index in [1.54, 1.807) is 4.90 Å². The Labute approximate surface area is 142 Å². The molecule has 1 N–H and O–H groups in total. The molecule has 2 amide bonds. The first-order valence-electron chi connectivity index (χ1n) is 8.15. The predicted octanol–water partition coefficient (Wildman–Crippen LogP) is 3.51. The molecule has 4 nitrogen and oxygen atoms in total. The first kappa shape index (κ1) is 16.2. The van der Waals surface area contributed by atoms with Gasteiger partial charge in [-0.1, -0.05) is 44.2 Å². The fourth-order valence-corrected chi connectivity index (χ4v) is 3.27. The molecule has 0 saturated heterocycles. The number of carbonyl (C=O) groups excluding carboxylic acids is 2. The Bertz CT molecular complexity index is 768. The van der Waals surface area contributed by atoms with E-state index in [0.29, 0.717) is 6.42 Å². The van der Waals surface area contributed by atoms with Crippen LogP contribution in [0, 0.1) is 0 Å². The van der Waals surface area contributed by atoms with Crippen molar-refractivity contribution in [1.82, 2.24) is 0 Å². The third-order valence-corrected chi connectivity index (χ3v) is 5.04. The third-order valence-electron chi connectivity index (χ3n) is 5.04. The van der Waals surface area contributed by atoms with Gasteiger partial charge in [-0.05, 0) is 36.2 Å². The van der Waals surface area contributed by atoms with E-state index in [-0.39, 0.29) is 17.4 Å². The average molecular weight is 322 g/mol. The van der Waals surface area contributed by atoms with Crippen molar-refractivity contribution >= 4 is 23.7 Å². The fourth-order valence-electron chi connectivity index (χ4n) is 3.27. The van der Waals surface area contributed by atoms with Crippen LogP contribution in [0.15, 0.2) is 48.5 Å². The summed E-state index contributed by atoms with van der Waals surface area (Å²) in [5, 5.41) is 2.96. The number of nitrogens with zero attached hydrogens (tertiary/aromatic N) is 1. The lowest BCUT2D eigenvalue weighted by molar-refractivity contribution is -0.115. The normalized spacial score (nSPS) is 18.1. The maximum Gasteiger partial charge on any atom is 0.228 e. The number of fused-ring (bicyclic) bond motifs is 1. The molecule has 1 aliphatic rings. The van der Waals surface area contributed by atoms with E-state index in [2.05, 4.69) is 19.2 Å². The molecular formula is C20H22N2O2.